The summed E-state index contributed by atoms with van der Waals surface area (Å²) in [5.74, 6) is 0.837. The van der Waals surface area contributed by atoms with Crippen LogP contribution in [-0.2, 0) is 16.1 Å². The first-order chi connectivity index (χ1) is 15.1. The van der Waals surface area contributed by atoms with E-state index in [0.29, 0.717) is 42.6 Å². The van der Waals surface area contributed by atoms with E-state index in [1.807, 2.05) is 19.9 Å². The minimum absolute atomic E-state index is 0.283. The molecule has 3 rings (SSSR count). The lowest BCUT2D eigenvalue weighted by Crippen LogP contribution is -2.34. The maximum absolute atomic E-state index is 12.9. The van der Waals surface area contributed by atoms with Crippen molar-refractivity contribution in [3.63, 3.8) is 0 Å². The van der Waals surface area contributed by atoms with Crippen molar-refractivity contribution in [2.45, 2.75) is 46.1 Å². The molecule has 0 radical (unpaired) electrons. The van der Waals surface area contributed by atoms with Gasteiger partial charge >= 0.3 is 5.97 Å². The van der Waals surface area contributed by atoms with Crippen molar-refractivity contribution in [1.29, 1.82) is 0 Å². The van der Waals surface area contributed by atoms with E-state index in [0.717, 1.165) is 31.4 Å². The van der Waals surface area contributed by atoms with Crippen LogP contribution in [0.3, 0.4) is 0 Å². The average molecular weight is 427 g/mol. The topological polar surface area (TPSA) is 78.2 Å². The molecule has 2 aromatic rings. The number of carbonyl (C=O) groups is 2. The Labute approximate surface area is 182 Å². The van der Waals surface area contributed by atoms with Crippen molar-refractivity contribution in [3.05, 3.63) is 59.7 Å². The van der Waals surface area contributed by atoms with Crippen LogP contribution in [-0.4, -0.2) is 36.6 Å². The number of benzene rings is 1. The van der Waals surface area contributed by atoms with Crippen molar-refractivity contribution in [2.24, 2.45) is 0 Å². The highest BCUT2D eigenvalue weighted by atomic mass is 16.5. The van der Waals surface area contributed by atoms with Crippen molar-refractivity contribution in [3.8, 4) is 11.5 Å². The van der Waals surface area contributed by atoms with Gasteiger partial charge in [-0.25, -0.2) is 4.79 Å². The zero-order valence-corrected chi connectivity index (χ0v) is 18.1. The van der Waals surface area contributed by atoms with Gasteiger partial charge < -0.3 is 23.5 Å². The highest BCUT2D eigenvalue weighted by molar-refractivity contribution is 5.92. The fraction of sp³-hybridized carbons (Fsp3) is 0.417. The molecule has 0 aliphatic heterocycles. The average Bonchev–Trinajstić information content (AvgIpc) is 3.31. The zero-order chi connectivity index (χ0) is 22.1. The zero-order valence-electron chi connectivity index (χ0n) is 18.1. The number of furan rings is 1. The SMILES string of the molecule is CCOc1ccc(C(=O)OCC(=O)N(Cc2ccco2)C2=CCCCC2)cc1OCC. The van der Waals surface area contributed by atoms with Crippen molar-refractivity contribution in [1.82, 2.24) is 4.90 Å². The smallest absolute Gasteiger partial charge is 0.338 e. The van der Waals surface area contributed by atoms with Gasteiger partial charge in [0.1, 0.15) is 5.76 Å². The summed E-state index contributed by atoms with van der Waals surface area (Å²) < 4.78 is 21.8. The third-order valence-corrected chi connectivity index (χ3v) is 4.91. The second kappa shape index (κ2) is 11.2. The summed E-state index contributed by atoms with van der Waals surface area (Å²) in [5, 5.41) is 0. The molecule has 166 valence electrons. The predicted octanol–water partition coefficient (Wildman–Crippen LogP) is 4.72. The number of hydrogen-bond donors (Lipinski definition) is 0. The molecule has 7 heteroatoms. The molecule has 1 amide bonds. The van der Waals surface area contributed by atoms with Crippen molar-refractivity contribution in [2.75, 3.05) is 19.8 Å². The van der Waals surface area contributed by atoms with Crippen LogP contribution in [0.2, 0.25) is 0 Å². The minimum Gasteiger partial charge on any atom is -0.490 e. The molecule has 1 heterocycles. The Balaban J connectivity index is 1.67. The van der Waals surface area contributed by atoms with Crippen molar-refractivity contribution >= 4 is 11.9 Å². The van der Waals surface area contributed by atoms with Gasteiger partial charge in [0.05, 0.1) is 31.6 Å². The molecule has 0 bridgehead atoms. The number of ether oxygens (including phenoxy) is 3. The van der Waals surface area contributed by atoms with Gasteiger partial charge in [-0.15, -0.1) is 0 Å². The molecule has 1 aliphatic carbocycles. The first kappa shape index (κ1) is 22.5. The first-order valence-electron chi connectivity index (χ1n) is 10.7. The maximum atomic E-state index is 12.9. The number of rotatable bonds is 10. The minimum atomic E-state index is -0.590. The van der Waals surface area contributed by atoms with E-state index in [4.69, 9.17) is 18.6 Å². The second-order valence-corrected chi connectivity index (χ2v) is 7.10. The molecule has 1 aliphatic rings. The van der Waals surface area contributed by atoms with Gasteiger partial charge in [-0.1, -0.05) is 6.08 Å². The van der Waals surface area contributed by atoms with E-state index >= 15 is 0 Å². The van der Waals surface area contributed by atoms with E-state index in [1.54, 1.807) is 35.4 Å². The number of esters is 1. The van der Waals surface area contributed by atoms with Crippen LogP contribution < -0.4 is 9.47 Å². The molecular weight excluding hydrogens is 398 g/mol. The lowest BCUT2D eigenvalue weighted by atomic mass is 10.0. The van der Waals surface area contributed by atoms with E-state index in [2.05, 4.69) is 6.08 Å². The van der Waals surface area contributed by atoms with Gasteiger partial charge in [-0.05, 0) is 69.9 Å². The van der Waals surface area contributed by atoms with Gasteiger partial charge in [0.2, 0.25) is 0 Å². The Hall–Kier alpha value is -3.22. The second-order valence-electron chi connectivity index (χ2n) is 7.10. The Kier molecular flexibility index (Phi) is 8.15. The molecule has 0 saturated heterocycles. The van der Waals surface area contributed by atoms with Gasteiger partial charge in [0.25, 0.3) is 5.91 Å². The normalized spacial score (nSPS) is 13.3. The molecule has 0 spiro atoms. The fourth-order valence-corrected chi connectivity index (χ4v) is 3.44. The molecule has 0 N–H and O–H groups in total. The van der Waals surface area contributed by atoms with E-state index < -0.39 is 5.97 Å². The lowest BCUT2D eigenvalue weighted by Gasteiger charge is -2.27. The standard InChI is InChI=1S/C24H29NO6/c1-3-28-21-13-12-18(15-22(21)29-4-2)24(27)31-17-23(26)25(16-20-11-8-14-30-20)19-9-6-5-7-10-19/h8-9,11-15H,3-7,10,16-17H2,1-2H3. The maximum Gasteiger partial charge on any atom is 0.338 e. The van der Waals surface area contributed by atoms with Gasteiger partial charge in [-0.3, -0.25) is 4.79 Å². The summed E-state index contributed by atoms with van der Waals surface area (Å²) in [7, 11) is 0. The molecule has 1 aromatic carbocycles. The monoisotopic (exact) mass is 427 g/mol. The number of nitrogens with zero attached hydrogens (tertiary/aromatic N) is 1. The molecule has 0 saturated carbocycles. The molecule has 31 heavy (non-hydrogen) atoms. The van der Waals surface area contributed by atoms with Crippen LogP contribution in [0, 0.1) is 0 Å². The van der Waals surface area contributed by atoms with Crippen LogP contribution in [0.5, 0.6) is 11.5 Å². The van der Waals surface area contributed by atoms with Crippen LogP contribution in [0.1, 0.15) is 55.6 Å². The number of allylic oxidation sites excluding steroid dienone is 2. The quantitative estimate of drug-likeness (QED) is 0.511. The Morgan fingerprint density at radius 2 is 1.87 bits per heavy atom. The largest absolute Gasteiger partial charge is 0.490 e. The van der Waals surface area contributed by atoms with E-state index in [1.165, 1.54) is 0 Å². The summed E-state index contributed by atoms with van der Waals surface area (Å²) in [5.41, 5.74) is 1.25. The third kappa shape index (κ3) is 6.13. The highest BCUT2D eigenvalue weighted by Crippen LogP contribution is 2.29. The molecule has 0 atom stereocenters. The van der Waals surface area contributed by atoms with Crippen LogP contribution >= 0.6 is 0 Å². The fourth-order valence-electron chi connectivity index (χ4n) is 3.44. The van der Waals surface area contributed by atoms with Crippen LogP contribution in [0.4, 0.5) is 0 Å². The summed E-state index contributed by atoms with van der Waals surface area (Å²) >= 11 is 0. The summed E-state index contributed by atoms with van der Waals surface area (Å²) in [4.78, 5) is 27.2. The molecule has 0 unspecified atom stereocenters. The van der Waals surface area contributed by atoms with Crippen LogP contribution in [0.15, 0.2) is 52.8 Å². The molecular formula is C24H29NO6. The molecule has 0 fully saturated rings. The Morgan fingerprint density at radius 3 is 2.55 bits per heavy atom. The number of hydrogen-bond acceptors (Lipinski definition) is 6. The lowest BCUT2D eigenvalue weighted by molar-refractivity contribution is -0.133. The summed E-state index contributed by atoms with van der Waals surface area (Å²) in [6, 6.07) is 8.46. The van der Waals surface area contributed by atoms with E-state index in [9.17, 15) is 9.59 Å². The molecule has 7 nitrogen and oxygen atoms in total. The number of carbonyl (C=O) groups excluding carboxylic acids is 2. The highest BCUT2D eigenvalue weighted by Gasteiger charge is 2.23. The van der Waals surface area contributed by atoms with Crippen molar-refractivity contribution < 1.29 is 28.2 Å². The van der Waals surface area contributed by atoms with Gasteiger partial charge in [0, 0.05) is 5.70 Å². The van der Waals surface area contributed by atoms with Gasteiger partial charge in [-0.2, -0.15) is 0 Å². The Bertz CT molecular complexity index is 903. The summed E-state index contributed by atoms with van der Waals surface area (Å²) in [6.07, 6.45) is 7.55. The first-order valence-corrected chi connectivity index (χ1v) is 10.7. The van der Waals surface area contributed by atoms with Crippen LogP contribution in [0.25, 0.3) is 0 Å². The number of amides is 1. The molecule has 1 aromatic heterocycles. The summed E-state index contributed by atoms with van der Waals surface area (Å²) in [6.45, 7) is 4.61. The Morgan fingerprint density at radius 1 is 1.06 bits per heavy atom. The predicted molar refractivity (Wildman–Crippen MR) is 115 cm³/mol. The van der Waals surface area contributed by atoms with E-state index in [-0.39, 0.29) is 12.5 Å². The third-order valence-electron chi connectivity index (χ3n) is 4.91. The van der Waals surface area contributed by atoms with Gasteiger partial charge in [0.15, 0.2) is 18.1 Å².